The van der Waals surface area contributed by atoms with Crippen molar-refractivity contribution in [1.29, 1.82) is 0 Å². The number of ether oxygens (including phenoxy) is 1. The predicted octanol–water partition coefficient (Wildman–Crippen LogP) is 4.58. The number of aromatic nitrogens is 1. The number of aliphatic imine (C=N–C) groups is 1. The van der Waals surface area contributed by atoms with Crippen LogP contribution in [0.4, 0.5) is 5.69 Å². The largest absolute Gasteiger partial charge is 0.492 e. The molecule has 0 atom stereocenters. The fourth-order valence-electron chi connectivity index (χ4n) is 1.62. The van der Waals surface area contributed by atoms with Crippen LogP contribution in [0.5, 0.6) is 5.75 Å². The number of rotatable bonds is 4. The zero-order valence-corrected chi connectivity index (χ0v) is 12.9. The second-order valence-corrected chi connectivity index (χ2v) is 5.09. The third-order valence-electron chi connectivity index (χ3n) is 2.53. The van der Waals surface area contributed by atoms with Crippen molar-refractivity contribution >= 4 is 34.1 Å². The molecule has 0 fully saturated rings. The van der Waals surface area contributed by atoms with Crippen LogP contribution in [0, 0.1) is 0 Å². The molecule has 0 aliphatic carbocycles. The van der Waals surface area contributed by atoms with E-state index in [4.69, 9.17) is 16.3 Å². The van der Waals surface area contributed by atoms with Gasteiger partial charge in [-0.05, 0) is 37.4 Å². The Morgan fingerprint density at radius 3 is 2.70 bits per heavy atom. The monoisotopic (exact) mass is 306 g/mol. The van der Waals surface area contributed by atoms with Crippen LogP contribution >= 0.6 is 23.4 Å². The molecule has 1 aromatic carbocycles. The van der Waals surface area contributed by atoms with E-state index in [1.165, 1.54) is 11.8 Å². The average molecular weight is 307 g/mol. The van der Waals surface area contributed by atoms with E-state index in [1.807, 2.05) is 49.6 Å². The van der Waals surface area contributed by atoms with Gasteiger partial charge in [-0.1, -0.05) is 23.7 Å². The van der Waals surface area contributed by atoms with E-state index < -0.39 is 0 Å². The first-order chi connectivity index (χ1) is 9.74. The molecule has 2 aromatic rings. The number of hydrogen-bond acceptors (Lipinski definition) is 4. The highest BCUT2D eigenvalue weighted by molar-refractivity contribution is 8.13. The first kappa shape index (κ1) is 14.9. The zero-order chi connectivity index (χ0) is 14.4. The molecule has 0 amide bonds. The number of hydrogen-bond donors (Lipinski definition) is 0. The fourth-order valence-corrected chi connectivity index (χ4v) is 2.32. The van der Waals surface area contributed by atoms with Gasteiger partial charge in [0.15, 0.2) is 0 Å². The molecule has 0 aliphatic heterocycles. The number of pyridine rings is 1. The maximum atomic E-state index is 6.12. The van der Waals surface area contributed by atoms with Crippen molar-refractivity contribution in [2.75, 3.05) is 12.9 Å². The molecule has 0 saturated carbocycles. The van der Waals surface area contributed by atoms with Gasteiger partial charge in [0.1, 0.15) is 10.8 Å². The van der Waals surface area contributed by atoms with Crippen LogP contribution in [-0.2, 0) is 0 Å². The second-order valence-electron chi connectivity index (χ2n) is 3.88. The van der Waals surface area contributed by atoms with Crippen LogP contribution in [0.25, 0.3) is 0 Å². The van der Waals surface area contributed by atoms with E-state index in [2.05, 4.69) is 9.98 Å². The van der Waals surface area contributed by atoms with Crippen molar-refractivity contribution in [3.8, 4) is 5.75 Å². The third kappa shape index (κ3) is 3.74. The lowest BCUT2D eigenvalue weighted by Gasteiger charge is -2.06. The zero-order valence-electron chi connectivity index (χ0n) is 11.3. The molecule has 1 heterocycles. The van der Waals surface area contributed by atoms with E-state index in [1.54, 1.807) is 6.20 Å². The Labute approximate surface area is 128 Å². The summed E-state index contributed by atoms with van der Waals surface area (Å²) < 4.78 is 5.38. The topological polar surface area (TPSA) is 34.5 Å². The van der Waals surface area contributed by atoms with Crippen LogP contribution in [0.1, 0.15) is 12.6 Å². The van der Waals surface area contributed by atoms with Crippen molar-refractivity contribution in [1.82, 2.24) is 4.98 Å². The van der Waals surface area contributed by atoms with Gasteiger partial charge in [0, 0.05) is 0 Å². The van der Waals surface area contributed by atoms with Crippen LogP contribution in [0.15, 0.2) is 47.6 Å². The third-order valence-corrected chi connectivity index (χ3v) is 3.54. The number of thioether (sulfide) groups is 1. The molecule has 3 nitrogen and oxygen atoms in total. The minimum absolute atomic E-state index is 0.629. The highest BCUT2D eigenvalue weighted by Gasteiger charge is 2.06. The first-order valence-corrected chi connectivity index (χ1v) is 7.81. The summed E-state index contributed by atoms with van der Waals surface area (Å²) in [6, 6.07) is 11.3. The second kappa shape index (κ2) is 7.31. The van der Waals surface area contributed by atoms with E-state index in [-0.39, 0.29) is 0 Å². The normalized spacial score (nSPS) is 11.4. The number of benzene rings is 1. The summed E-state index contributed by atoms with van der Waals surface area (Å²) in [5, 5.41) is 1.45. The molecule has 0 radical (unpaired) electrons. The van der Waals surface area contributed by atoms with E-state index in [0.717, 1.165) is 22.2 Å². The number of halogens is 1. The molecule has 1 aromatic heterocycles. The minimum Gasteiger partial charge on any atom is -0.492 e. The van der Waals surface area contributed by atoms with Gasteiger partial charge in [-0.25, -0.2) is 4.99 Å². The molecule has 0 spiro atoms. The number of para-hydroxylation sites is 1. The molecule has 2 rings (SSSR count). The highest BCUT2D eigenvalue weighted by atomic mass is 35.5. The van der Waals surface area contributed by atoms with Gasteiger partial charge in [0.2, 0.25) is 0 Å². The summed E-state index contributed by atoms with van der Waals surface area (Å²) in [6.45, 7) is 2.57. The minimum atomic E-state index is 0.629. The lowest BCUT2D eigenvalue weighted by molar-refractivity contribution is 0.339. The van der Waals surface area contributed by atoms with Crippen LogP contribution in [-0.4, -0.2) is 22.9 Å². The maximum Gasteiger partial charge on any atom is 0.137 e. The van der Waals surface area contributed by atoms with Gasteiger partial charge in [-0.2, -0.15) is 0 Å². The smallest absolute Gasteiger partial charge is 0.137 e. The highest BCUT2D eigenvalue weighted by Crippen LogP contribution is 2.26. The summed E-state index contributed by atoms with van der Waals surface area (Å²) in [5.74, 6) is 0.759. The van der Waals surface area contributed by atoms with Crippen molar-refractivity contribution in [2.24, 2.45) is 4.99 Å². The summed E-state index contributed by atoms with van der Waals surface area (Å²) in [5.41, 5.74) is 1.55. The SMILES string of the molecule is CCOc1ccc(/C(=N/c2ccccc2Cl)SC)nc1. The molecule has 0 unspecified atom stereocenters. The Balaban J connectivity index is 2.30. The lowest BCUT2D eigenvalue weighted by atomic mass is 10.3. The molecule has 20 heavy (non-hydrogen) atoms. The van der Waals surface area contributed by atoms with Crippen molar-refractivity contribution in [3.05, 3.63) is 53.3 Å². The Bertz CT molecular complexity index is 599. The molecular formula is C15H15ClN2OS. The fraction of sp³-hybridized carbons (Fsp3) is 0.200. The maximum absolute atomic E-state index is 6.12. The summed E-state index contributed by atoms with van der Waals surface area (Å²) in [4.78, 5) is 8.94. The average Bonchev–Trinajstić information content (AvgIpc) is 2.48. The molecule has 0 aliphatic rings. The van der Waals surface area contributed by atoms with Gasteiger partial charge < -0.3 is 4.74 Å². The molecule has 0 bridgehead atoms. The first-order valence-electron chi connectivity index (χ1n) is 6.21. The van der Waals surface area contributed by atoms with Gasteiger partial charge in [-0.15, -0.1) is 11.8 Å². The van der Waals surface area contributed by atoms with E-state index in [0.29, 0.717) is 11.6 Å². The van der Waals surface area contributed by atoms with Crippen molar-refractivity contribution in [2.45, 2.75) is 6.92 Å². The molecule has 0 saturated heterocycles. The Hall–Kier alpha value is -1.52. The lowest BCUT2D eigenvalue weighted by Crippen LogP contribution is -1.99. The molecule has 5 heteroatoms. The summed E-state index contributed by atoms with van der Waals surface area (Å²) >= 11 is 7.66. The van der Waals surface area contributed by atoms with Crippen LogP contribution in [0.2, 0.25) is 5.02 Å². The summed E-state index contributed by atoms with van der Waals surface area (Å²) in [6.07, 6.45) is 3.67. The Kier molecular flexibility index (Phi) is 5.44. The number of nitrogens with zero attached hydrogens (tertiary/aromatic N) is 2. The van der Waals surface area contributed by atoms with Crippen LogP contribution < -0.4 is 4.74 Å². The standard InChI is InChI=1S/C15H15ClN2OS/c1-3-19-11-8-9-14(17-10-11)15(20-2)18-13-7-5-4-6-12(13)16/h4-10H,3H2,1-2H3/b18-15-. The predicted molar refractivity (Wildman–Crippen MR) is 86.6 cm³/mol. The van der Waals surface area contributed by atoms with Crippen molar-refractivity contribution in [3.63, 3.8) is 0 Å². The van der Waals surface area contributed by atoms with Gasteiger partial charge in [0.05, 0.1) is 29.2 Å². The van der Waals surface area contributed by atoms with Gasteiger partial charge >= 0.3 is 0 Å². The molecular weight excluding hydrogens is 292 g/mol. The van der Waals surface area contributed by atoms with Gasteiger partial charge in [0.25, 0.3) is 0 Å². The van der Waals surface area contributed by atoms with Crippen LogP contribution in [0.3, 0.4) is 0 Å². The van der Waals surface area contributed by atoms with E-state index in [9.17, 15) is 0 Å². The quantitative estimate of drug-likeness (QED) is 0.613. The van der Waals surface area contributed by atoms with Gasteiger partial charge in [-0.3, -0.25) is 4.98 Å². The van der Waals surface area contributed by atoms with E-state index >= 15 is 0 Å². The molecule has 104 valence electrons. The van der Waals surface area contributed by atoms with Crippen molar-refractivity contribution < 1.29 is 4.74 Å². The summed E-state index contributed by atoms with van der Waals surface area (Å²) in [7, 11) is 0. The molecule has 0 N–H and O–H groups in total. The Morgan fingerprint density at radius 2 is 2.10 bits per heavy atom. The Morgan fingerprint density at radius 1 is 1.30 bits per heavy atom.